The third kappa shape index (κ3) is 6.72. The van der Waals surface area contributed by atoms with E-state index in [4.69, 9.17) is 4.74 Å². The summed E-state index contributed by atoms with van der Waals surface area (Å²) in [6, 6.07) is 6.51. The number of carbonyl (C=O) groups is 2. The molecule has 2 unspecified atom stereocenters. The van der Waals surface area contributed by atoms with Crippen LogP contribution >= 0.6 is 11.8 Å². The van der Waals surface area contributed by atoms with Crippen LogP contribution in [0.4, 0.5) is 0 Å². The summed E-state index contributed by atoms with van der Waals surface area (Å²) >= 11 is 1.09. The summed E-state index contributed by atoms with van der Waals surface area (Å²) in [6.07, 6.45) is -2.04. The predicted octanol–water partition coefficient (Wildman–Crippen LogP) is 2.71. The minimum Gasteiger partial charge on any atom is -0.456 e. The van der Waals surface area contributed by atoms with Gasteiger partial charge in [0.15, 0.2) is 5.12 Å². The number of hydrogen-bond acceptors (Lipinski definition) is 6. The maximum atomic E-state index is 12.2. The van der Waals surface area contributed by atoms with Crippen LogP contribution in [0.5, 0.6) is 0 Å². The zero-order valence-corrected chi connectivity index (χ0v) is 14.7. The lowest BCUT2D eigenvalue weighted by Gasteiger charge is -2.23. The first-order valence-corrected chi connectivity index (χ1v) is 8.42. The van der Waals surface area contributed by atoms with Crippen molar-refractivity contribution in [3.63, 3.8) is 0 Å². The summed E-state index contributed by atoms with van der Waals surface area (Å²) in [5, 5.41) is 20.4. The van der Waals surface area contributed by atoms with E-state index in [0.717, 1.165) is 11.8 Å². The molecule has 0 amide bonds. The van der Waals surface area contributed by atoms with Crippen LogP contribution in [0, 0.1) is 0 Å². The van der Waals surface area contributed by atoms with Gasteiger partial charge in [-0.1, -0.05) is 30.0 Å². The maximum absolute atomic E-state index is 12.2. The molecule has 0 aliphatic carbocycles. The van der Waals surface area contributed by atoms with E-state index in [9.17, 15) is 19.8 Å². The van der Waals surface area contributed by atoms with Gasteiger partial charge in [-0.05, 0) is 38.8 Å². The molecule has 5 nitrogen and oxygen atoms in total. The lowest BCUT2D eigenvalue weighted by atomic mass is 9.97. The minimum absolute atomic E-state index is 0.0409. The molecule has 0 fully saturated rings. The fraction of sp³-hybridized carbons (Fsp3) is 0.529. The van der Waals surface area contributed by atoms with E-state index in [-0.39, 0.29) is 17.1 Å². The number of ether oxygens (including phenoxy) is 1. The van der Waals surface area contributed by atoms with Gasteiger partial charge in [-0.25, -0.2) is 4.79 Å². The molecule has 2 atom stereocenters. The second-order valence-electron chi connectivity index (χ2n) is 6.23. The molecular weight excluding hydrogens is 316 g/mol. The molecule has 0 saturated carbocycles. The van der Waals surface area contributed by atoms with E-state index in [0.29, 0.717) is 11.3 Å². The van der Waals surface area contributed by atoms with E-state index in [1.54, 1.807) is 45.0 Å². The average molecular weight is 340 g/mol. The molecule has 0 spiro atoms. The molecule has 0 saturated heterocycles. The van der Waals surface area contributed by atoms with Gasteiger partial charge in [0.25, 0.3) is 0 Å². The van der Waals surface area contributed by atoms with Crippen LogP contribution in [0.2, 0.25) is 0 Å². The van der Waals surface area contributed by atoms with Crippen LogP contribution in [0.1, 0.15) is 56.1 Å². The molecule has 0 aromatic heterocycles. The van der Waals surface area contributed by atoms with Crippen molar-refractivity contribution in [2.75, 3.05) is 5.75 Å². The van der Waals surface area contributed by atoms with Crippen LogP contribution < -0.4 is 0 Å². The van der Waals surface area contributed by atoms with Gasteiger partial charge in [0.2, 0.25) is 0 Å². The average Bonchev–Trinajstić information content (AvgIpc) is 2.44. The number of esters is 1. The van der Waals surface area contributed by atoms with Gasteiger partial charge in [-0.15, -0.1) is 0 Å². The Hall–Kier alpha value is -1.37. The van der Waals surface area contributed by atoms with Crippen molar-refractivity contribution in [1.82, 2.24) is 0 Å². The van der Waals surface area contributed by atoms with Crippen molar-refractivity contribution < 1.29 is 24.5 Å². The van der Waals surface area contributed by atoms with Crippen molar-refractivity contribution in [2.45, 2.75) is 51.9 Å². The molecule has 0 aliphatic rings. The van der Waals surface area contributed by atoms with Crippen LogP contribution in [0.15, 0.2) is 24.3 Å². The highest BCUT2D eigenvalue weighted by Crippen LogP contribution is 2.25. The van der Waals surface area contributed by atoms with Gasteiger partial charge in [0.1, 0.15) is 11.7 Å². The monoisotopic (exact) mass is 340 g/mol. The molecule has 0 heterocycles. The molecule has 2 N–H and O–H groups in total. The quantitative estimate of drug-likeness (QED) is 0.775. The third-order valence-corrected chi connectivity index (χ3v) is 3.83. The Kier molecular flexibility index (Phi) is 7.25. The Morgan fingerprint density at radius 3 is 2.39 bits per heavy atom. The van der Waals surface area contributed by atoms with Crippen LogP contribution in [0.3, 0.4) is 0 Å². The second-order valence-corrected chi connectivity index (χ2v) is 7.50. The summed E-state index contributed by atoms with van der Waals surface area (Å²) in [4.78, 5) is 23.1. The highest BCUT2D eigenvalue weighted by Gasteiger charge is 2.26. The first-order chi connectivity index (χ1) is 10.6. The largest absolute Gasteiger partial charge is 0.456 e. The lowest BCUT2D eigenvalue weighted by molar-refractivity contribution is -0.109. The molecular formula is C17H24O5S. The Bertz CT molecular complexity index is 550. The molecule has 0 radical (unpaired) electrons. The summed E-state index contributed by atoms with van der Waals surface area (Å²) in [7, 11) is 0. The zero-order valence-electron chi connectivity index (χ0n) is 13.9. The number of aliphatic hydroxyl groups excluding tert-OH is 2. The number of aliphatic hydroxyl groups is 2. The fourth-order valence-electron chi connectivity index (χ4n) is 1.96. The number of benzene rings is 1. The van der Waals surface area contributed by atoms with Gasteiger partial charge in [0.05, 0.1) is 11.7 Å². The summed E-state index contributed by atoms with van der Waals surface area (Å²) in [5.41, 5.74) is -0.0958. The number of rotatable bonds is 6. The molecule has 0 bridgehead atoms. The van der Waals surface area contributed by atoms with E-state index >= 15 is 0 Å². The molecule has 23 heavy (non-hydrogen) atoms. The van der Waals surface area contributed by atoms with Crippen molar-refractivity contribution in [3.05, 3.63) is 35.4 Å². The second kappa shape index (κ2) is 8.47. The highest BCUT2D eigenvalue weighted by atomic mass is 32.2. The molecule has 128 valence electrons. The Labute approximate surface area is 141 Å². The number of thioether (sulfide) groups is 1. The van der Waals surface area contributed by atoms with Crippen molar-refractivity contribution in [3.8, 4) is 0 Å². The molecule has 1 aromatic rings. The molecule has 0 aliphatic heterocycles. The standard InChI is InChI=1S/C17H24O5S/c1-11(18)23-10-9-14(19)15(20)12-7-5-6-8-13(12)16(21)22-17(2,3)4/h5-8,14-15,19-20H,9-10H2,1-4H3. The first-order valence-electron chi connectivity index (χ1n) is 7.43. The normalized spacial score (nSPS) is 14.2. The summed E-state index contributed by atoms with van der Waals surface area (Å²) in [5.74, 6) is -0.139. The highest BCUT2D eigenvalue weighted by molar-refractivity contribution is 8.13. The van der Waals surface area contributed by atoms with E-state index in [1.165, 1.54) is 6.92 Å². The van der Waals surface area contributed by atoms with Crippen LogP contribution in [0.25, 0.3) is 0 Å². The third-order valence-electron chi connectivity index (χ3n) is 2.98. The van der Waals surface area contributed by atoms with E-state index < -0.39 is 23.8 Å². The van der Waals surface area contributed by atoms with Crippen molar-refractivity contribution in [2.24, 2.45) is 0 Å². The van der Waals surface area contributed by atoms with Gasteiger partial charge in [-0.2, -0.15) is 0 Å². The fourth-order valence-corrected chi connectivity index (χ4v) is 2.61. The Balaban J connectivity index is 2.86. The van der Waals surface area contributed by atoms with Gasteiger partial charge >= 0.3 is 5.97 Å². The molecule has 1 aromatic carbocycles. The minimum atomic E-state index is -1.22. The lowest BCUT2D eigenvalue weighted by Crippen LogP contribution is -2.26. The zero-order chi connectivity index (χ0) is 17.6. The Morgan fingerprint density at radius 2 is 1.83 bits per heavy atom. The maximum Gasteiger partial charge on any atom is 0.339 e. The van der Waals surface area contributed by atoms with Gasteiger partial charge in [0, 0.05) is 12.7 Å². The van der Waals surface area contributed by atoms with Gasteiger partial charge < -0.3 is 14.9 Å². The summed E-state index contributed by atoms with van der Waals surface area (Å²) < 4.78 is 5.33. The first kappa shape index (κ1) is 19.7. The van der Waals surface area contributed by atoms with Gasteiger partial charge in [-0.3, -0.25) is 4.79 Å². The summed E-state index contributed by atoms with van der Waals surface area (Å²) in [6.45, 7) is 6.73. The topological polar surface area (TPSA) is 83.8 Å². The smallest absolute Gasteiger partial charge is 0.339 e. The number of hydrogen-bond donors (Lipinski definition) is 2. The Morgan fingerprint density at radius 1 is 1.22 bits per heavy atom. The van der Waals surface area contributed by atoms with E-state index in [2.05, 4.69) is 0 Å². The number of carbonyl (C=O) groups excluding carboxylic acids is 2. The predicted molar refractivity (Wildman–Crippen MR) is 90.3 cm³/mol. The van der Waals surface area contributed by atoms with Crippen LogP contribution in [-0.2, 0) is 9.53 Å². The SMILES string of the molecule is CC(=O)SCCC(O)C(O)c1ccccc1C(=O)OC(C)(C)C. The molecule has 1 rings (SSSR count). The molecule has 6 heteroatoms. The van der Waals surface area contributed by atoms with E-state index in [1.807, 2.05) is 0 Å². The van der Waals surface area contributed by atoms with Crippen molar-refractivity contribution >= 4 is 22.8 Å². The van der Waals surface area contributed by atoms with Crippen molar-refractivity contribution in [1.29, 1.82) is 0 Å². The van der Waals surface area contributed by atoms with Crippen LogP contribution in [-0.4, -0.2) is 38.8 Å².